The van der Waals surface area contributed by atoms with Crippen LogP contribution in [-0.4, -0.2) is 42.3 Å². The average Bonchev–Trinajstić information content (AvgIpc) is 3.64. The van der Waals surface area contributed by atoms with E-state index in [-0.39, 0.29) is 49.2 Å². The van der Waals surface area contributed by atoms with Gasteiger partial charge in [0.1, 0.15) is 5.69 Å². The number of rotatable bonds is 9. The quantitative estimate of drug-likeness (QED) is 0.426. The van der Waals surface area contributed by atoms with Crippen LogP contribution in [0.4, 0.5) is 8.78 Å². The summed E-state index contributed by atoms with van der Waals surface area (Å²) < 4.78 is 29.5. The Labute approximate surface area is 219 Å². The van der Waals surface area contributed by atoms with Crippen molar-refractivity contribution in [3.63, 3.8) is 0 Å². The van der Waals surface area contributed by atoms with Crippen molar-refractivity contribution in [2.45, 2.75) is 83.2 Å². The molecular formula is C27H33F2N7O2. The first-order chi connectivity index (χ1) is 18.2. The fraction of sp³-hybridized carbons (Fsp3) is 0.556. The van der Waals surface area contributed by atoms with Gasteiger partial charge in [-0.2, -0.15) is 5.10 Å². The van der Waals surface area contributed by atoms with E-state index in [0.717, 1.165) is 24.8 Å². The maximum Gasteiger partial charge on any atom is 0.272 e. The van der Waals surface area contributed by atoms with Crippen LogP contribution in [0.2, 0.25) is 0 Å². The van der Waals surface area contributed by atoms with Crippen molar-refractivity contribution in [2.75, 3.05) is 0 Å². The first-order valence-electron chi connectivity index (χ1n) is 13.3. The minimum absolute atomic E-state index is 0.0180. The zero-order valence-electron chi connectivity index (χ0n) is 21.7. The molecule has 0 spiro atoms. The lowest BCUT2D eigenvalue weighted by Gasteiger charge is -2.33. The number of hydrogen-bond acceptors (Lipinski definition) is 6. The molecular weight excluding hydrogens is 492 g/mol. The van der Waals surface area contributed by atoms with Crippen LogP contribution >= 0.6 is 0 Å². The molecule has 0 aliphatic heterocycles. The predicted molar refractivity (Wildman–Crippen MR) is 135 cm³/mol. The van der Waals surface area contributed by atoms with E-state index in [9.17, 15) is 18.4 Å². The Balaban J connectivity index is 1.44. The van der Waals surface area contributed by atoms with Gasteiger partial charge in [-0.25, -0.2) is 23.3 Å². The van der Waals surface area contributed by atoms with Crippen molar-refractivity contribution in [1.29, 1.82) is 0 Å². The monoisotopic (exact) mass is 525 g/mol. The average molecular weight is 526 g/mol. The lowest BCUT2D eigenvalue weighted by Crippen LogP contribution is -2.38. The van der Waals surface area contributed by atoms with Gasteiger partial charge in [-0.3, -0.25) is 14.6 Å². The number of carbonyl (C=O) groups is 2. The summed E-state index contributed by atoms with van der Waals surface area (Å²) in [4.78, 5) is 38.6. The lowest BCUT2D eigenvalue weighted by molar-refractivity contribution is -0.122. The molecule has 2 aliphatic rings. The third-order valence-corrected chi connectivity index (χ3v) is 7.54. The number of imidazole rings is 1. The van der Waals surface area contributed by atoms with E-state index >= 15 is 0 Å². The second kappa shape index (κ2) is 10.7. The van der Waals surface area contributed by atoms with Crippen LogP contribution in [-0.2, 0) is 4.79 Å². The van der Waals surface area contributed by atoms with Crippen molar-refractivity contribution >= 4 is 17.5 Å². The molecule has 2 saturated carbocycles. The summed E-state index contributed by atoms with van der Waals surface area (Å²) in [6.45, 7) is 3.67. The Kier molecular flexibility index (Phi) is 7.36. The van der Waals surface area contributed by atoms with Gasteiger partial charge in [-0.1, -0.05) is 6.92 Å². The van der Waals surface area contributed by atoms with E-state index in [2.05, 4.69) is 25.7 Å². The predicted octanol–water partition coefficient (Wildman–Crippen LogP) is 4.49. The molecule has 3 aromatic heterocycles. The number of nitrogens with one attached hydrogen (secondary N) is 2. The minimum atomic E-state index is -2.69. The molecule has 2 fully saturated rings. The molecule has 202 valence electrons. The van der Waals surface area contributed by atoms with Crippen LogP contribution in [0.1, 0.15) is 97.8 Å². The third-order valence-electron chi connectivity index (χ3n) is 7.54. The summed E-state index contributed by atoms with van der Waals surface area (Å²) in [6, 6.07) is 1.20. The third kappa shape index (κ3) is 5.81. The van der Waals surface area contributed by atoms with E-state index in [0.29, 0.717) is 29.4 Å². The van der Waals surface area contributed by atoms with Gasteiger partial charge in [-0.15, -0.1) is 0 Å². The maximum absolute atomic E-state index is 14.0. The van der Waals surface area contributed by atoms with E-state index in [1.165, 1.54) is 12.4 Å². The van der Waals surface area contributed by atoms with Crippen molar-refractivity contribution in [1.82, 2.24) is 35.2 Å². The number of alkyl halides is 2. The number of carbonyl (C=O) groups excluding carboxylic acids is 2. The Morgan fingerprint density at radius 1 is 1.08 bits per heavy atom. The SMILES string of the molecule is CCCC(=O)N[C@@H](c1cnn2cc([C@@H](NC(=O)c3nccnc3C)C3CCC(F)(F)CC3)nc2c1)C1CC1. The summed E-state index contributed by atoms with van der Waals surface area (Å²) in [5.41, 5.74) is 2.69. The Bertz CT molecular complexity index is 1310. The van der Waals surface area contributed by atoms with Crippen molar-refractivity contribution in [3.05, 3.63) is 53.5 Å². The Hall–Kier alpha value is -3.50. The number of aromatic nitrogens is 5. The van der Waals surface area contributed by atoms with Gasteiger partial charge < -0.3 is 10.6 Å². The van der Waals surface area contributed by atoms with Gasteiger partial charge in [0.05, 0.1) is 35.9 Å². The first kappa shape index (κ1) is 26.1. The second-order valence-electron chi connectivity index (χ2n) is 10.5. The Morgan fingerprint density at radius 3 is 2.47 bits per heavy atom. The molecule has 2 atom stereocenters. The zero-order valence-corrected chi connectivity index (χ0v) is 21.7. The maximum atomic E-state index is 14.0. The Morgan fingerprint density at radius 2 is 1.79 bits per heavy atom. The van der Waals surface area contributed by atoms with Crippen LogP contribution in [0.15, 0.2) is 30.9 Å². The standard InChI is InChI=1S/C27H33F2N7O2/c1-3-4-22(37)34-24(17-5-6-17)19-13-21-33-20(15-36(21)32-14-19)25(18-7-9-27(28,29)10-8-18)35-26(38)23-16(2)30-11-12-31-23/h11-15,17-18,24-25H,3-10H2,1-2H3,(H,34,37)(H,35,38)/t24-,25+/m1/s1. The summed E-state index contributed by atoms with van der Waals surface area (Å²) in [5, 5.41) is 10.7. The minimum Gasteiger partial charge on any atom is -0.349 e. The number of aryl methyl sites for hydroxylation is 1. The van der Waals surface area contributed by atoms with Crippen LogP contribution in [0.3, 0.4) is 0 Å². The summed E-state index contributed by atoms with van der Waals surface area (Å²) in [5.74, 6) is -2.93. The van der Waals surface area contributed by atoms with Gasteiger partial charge in [0.15, 0.2) is 5.65 Å². The van der Waals surface area contributed by atoms with E-state index in [1.807, 2.05) is 13.0 Å². The van der Waals surface area contributed by atoms with Crippen LogP contribution < -0.4 is 10.6 Å². The molecule has 0 aromatic carbocycles. The molecule has 0 bridgehead atoms. The normalized spacial score (nSPS) is 19.2. The largest absolute Gasteiger partial charge is 0.349 e. The topological polar surface area (TPSA) is 114 Å². The molecule has 0 unspecified atom stereocenters. The summed E-state index contributed by atoms with van der Waals surface area (Å²) in [7, 11) is 0. The highest BCUT2D eigenvalue weighted by molar-refractivity contribution is 5.93. The number of fused-ring (bicyclic) bond motifs is 1. The van der Waals surface area contributed by atoms with Crippen molar-refractivity contribution < 1.29 is 18.4 Å². The number of halogens is 2. The molecule has 0 saturated heterocycles. The van der Waals surface area contributed by atoms with Crippen LogP contribution in [0.25, 0.3) is 5.65 Å². The summed E-state index contributed by atoms with van der Waals surface area (Å²) in [6.07, 6.45) is 9.84. The molecule has 11 heteroatoms. The van der Waals surface area contributed by atoms with Gasteiger partial charge in [-0.05, 0) is 62.5 Å². The first-order valence-corrected chi connectivity index (χ1v) is 13.3. The molecule has 2 aliphatic carbocycles. The number of amides is 2. The highest BCUT2D eigenvalue weighted by Crippen LogP contribution is 2.42. The molecule has 2 amide bonds. The molecule has 2 N–H and O–H groups in total. The number of nitrogens with zero attached hydrogens (tertiary/aromatic N) is 5. The lowest BCUT2D eigenvalue weighted by atomic mass is 9.81. The molecule has 9 nitrogen and oxygen atoms in total. The zero-order chi connectivity index (χ0) is 26.9. The number of hydrogen-bond donors (Lipinski definition) is 2. The van der Waals surface area contributed by atoms with Gasteiger partial charge >= 0.3 is 0 Å². The highest BCUT2D eigenvalue weighted by Gasteiger charge is 2.40. The van der Waals surface area contributed by atoms with E-state index < -0.39 is 17.9 Å². The van der Waals surface area contributed by atoms with E-state index in [1.54, 1.807) is 23.8 Å². The molecule has 3 aromatic rings. The molecule has 5 rings (SSSR count). The van der Waals surface area contributed by atoms with Crippen molar-refractivity contribution in [3.8, 4) is 0 Å². The van der Waals surface area contributed by atoms with Crippen molar-refractivity contribution in [2.24, 2.45) is 11.8 Å². The molecule has 0 radical (unpaired) electrons. The van der Waals surface area contributed by atoms with Gasteiger partial charge in [0, 0.05) is 31.7 Å². The summed E-state index contributed by atoms with van der Waals surface area (Å²) >= 11 is 0. The highest BCUT2D eigenvalue weighted by atomic mass is 19.3. The van der Waals surface area contributed by atoms with E-state index in [4.69, 9.17) is 4.98 Å². The smallest absolute Gasteiger partial charge is 0.272 e. The van der Waals surface area contributed by atoms with Crippen LogP contribution in [0.5, 0.6) is 0 Å². The fourth-order valence-corrected chi connectivity index (χ4v) is 5.27. The second-order valence-corrected chi connectivity index (χ2v) is 10.5. The fourth-order valence-electron chi connectivity index (χ4n) is 5.27. The van der Waals surface area contributed by atoms with Gasteiger partial charge in [0.2, 0.25) is 11.8 Å². The van der Waals surface area contributed by atoms with Crippen LogP contribution in [0, 0.1) is 18.8 Å². The molecule has 3 heterocycles. The van der Waals surface area contributed by atoms with Gasteiger partial charge in [0.25, 0.3) is 5.91 Å². The molecule has 38 heavy (non-hydrogen) atoms.